The zero-order valence-corrected chi connectivity index (χ0v) is 8.28. The Morgan fingerprint density at radius 3 is 2.67 bits per heavy atom. The maximum absolute atomic E-state index is 10.7. The third kappa shape index (κ3) is 4.96. The monoisotopic (exact) mass is 282 g/mol. The molecule has 0 radical (unpaired) electrons. The molecule has 0 aromatic rings. The first-order valence-electron chi connectivity index (χ1n) is 3.04. The maximum atomic E-state index is 10.7. The van der Waals surface area contributed by atoms with Crippen LogP contribution in [0.2, 0.25) is 0 Å². The quantitative estimate of drug-likeness (QED) is 0.352. The Kier molecular flexibility index (Phi) is 5.45. The number of hydrogen-bond acceptors (Lipinski definition) is 3. The third-order valence-corrected chi connectivity index (χ3v) is 1.90. The summed E-state index contributed by atoms with van der Waals surface area (Å²) in [4.78, 5) is 21.0. The van der Waals surface area contributed by atoms with E-state index >= 15 is 0 Å². The van der Waals surface area contributed by atoms with Crippen LogP contribution in [0.4, 0.5) is 0 Å². The summed E-state index contributed by atoms with van der Waals surface area (Å²) < 4.78 is 3.71. The molecule has 0 rings (SSSR count). The number of hydrogen-bond donors (Lipinski definition) is 1. The molecule has 0 aromatic carbocycles. The van der Waals surface area contributed by atoms with Crippen molar-refractivity contribution in [1.82, 2.24) is 0 Å². The Morgan fingerprint density at radius 1 is 1.67 bits per heavy atom. The number of halogens is 1. The Morgan fingerprint density at radius 2 is 2.25 bits per heavy atom. The smallest absolute Gasteiger partial charge is 0.317 e. The van der Waals surface area contributed by atoms with Crippen LogP contribution in [0.3, 0.4) is 0 Å². The van der Waals surface area contributed by atoms with Gasteiger partial charge in [-0.15, -0.1) is 6.42 Å². The lowest BCUT2D eigenvalue weighted by atomic mass is 10.3. The van der Waals surface area contributed by atoms with Crippen molar-refractivity contribution < 1.29 is 19.4 Å². The average Bonchev–Trinajstić information content (AvgIpc) is 2.00. The van der Waals surface area contributed by atoms with E-state index < -0.39 is 15.9 Å². The van der Waals surface area contributed by atoms with Crippen LogP contribution >= 0.6 is 22.6 Å². The van der Waals surface area contributed by atoms with E-state index in [2.05, 4.69) is 10.7 Å². The van der Waals surface area contributed by atoms with Crippen molar-refractivity contribution >= 4 is 34.5 Å². The van der Waals surface area contributed by atoms with E-state index in [-0.39, 0.29) is 13.0 Å². The van der Waals surface area contributed by atoms with E-state index in [1.807, 2.05) is 0 Å². The molecule has 0 bridgehead atoms. The van der Waals surface area contributed by atoms with Crippen molar-refractivity contribution in [2.75, 3.05) is 6.61 Å². The summed E-state index contributed by atoms with van der Waals surface area (Å²) >= 11 is 1.65. The van der Waals surface area contributed by atoms with Gasteiger partial charge in [-0.2, -0.15) is 0 Å². The van der Waals surface area contributed by atoms with Gasteiger partial charge >= 0.3 is 11.9 Å². The highest BCUT2D eigenvalue weighted by Crippen LogP contribution is 2.06. The highest BCUT2D eigenvalue weighted by Gasteiger charge is 2.17. The number of rotatable bonds is 4. The molecule has 0 aliphatic carbocycles. The molecule has 0 heterocycles. The van der Waals surface area contributed by atoms with Gasteiger partial charge in [-0.3, -0.25) is 9.59 Å². The minimum atomic E-state index is -1.03. The highest BCUT2D eigenvalue weighted by atomic mass is 127. The lowest BCUT2D eigenvalue weighted by Gasteiger charge is -2.02. The first-order chi connectivity index (χ1) is 5.57. The zero-order chi connectivity index (χ0) is 9.56. The van der Waals surface area contributed by atoms with Crippen LogP contribution in [0.5, 0.6) is 0 Å². The molecule has 0 aliphatic rings. The number of alkyl halides is 1. The maximum Gasteiger partial charge on any atom is 0.317 e. The van der Waals surface area contributed by atoms with Crippen LogP contribution in [0.1, 0.15) is 6.42 Å². The van der Waals surface area contributed by atoms with Crippen molar-refractivity contribution in [3.8, 4) is 12.3 Å². The summed E-state index contributed by atoms with van der Waals surface area (Å²) in [5, 5.41) is 8.40. The molecule has 1 unspecified atom stereocenters. The second-order valence-electron chi connectivity index (χ2n) is 1.87. The molecule has 0 spiro atoms. The Labute approximate surface area is 83.4 Å². The van der Waals surface area contributed by atoms with Crippen molar-refractivity contribution in [2.45, 2.75) is 10.3 Å². The van der Waals surface area contributed by atoms with Gasteiger partial charge in [0.2, 0.25) is 0 Å². The van der Waals surface area contributed by atoms with Gasteiger partial charge in [-0.05, 0) is 0 Å². The minimum Gasteiger partial charge on any atom is -0.480 e. The number of esters is 1. The molecule has 0 aromatic heterocycles. The molecular weight excluding hydrogens is 275 g/mol. The van der Waals surface area contributed by atoms with Crippen molar-refractivity contribution in [3.05, 3.63) is 0 Å². The molecule has 0 fully saturated rings. The number of carboxylic acid groups (broad SMARTS) is 1. The van der Waals surface area contributed by atoms with Gasteiger partial charge in [0.1, 0.15) is 3.92 Å². The first-order valence-corrected chi connectivity index (χ1v) is 4.28. The second kappa shape index (κ2) is 5.83. The van der Waals surface area contributed by atoms with E-state index in [0.29, 0.717) is 0 Å². The topological polar surface area (TPSA) is 63.6 Å². The summed E-state index contributed by atoms with van der Waals surface area (Å²) in [6.45, 7) is -0.109. The summed E-state index contributed by atoms with van der Waals surface area (Å²) in [7, 11) is 0. The molecule has 0 saturated heterocycles. The SMILES string of the molecule is C#CCOC(=O)CC(I)C(=O)O. The van der Waals surface area contributed by atoms with Gasteiger partial charge in [0.05, 0.1) is 6.42 Å². The van der Waals surface area contributed by atoms with E-state index in [1.54, 1.807) is 22.6 Å². The highest BCUT2D eigenvalue weighted by molar-refractivity contribution is 14.1. The molecule has 5 heteroatoms. The Balaban J connectivity index is 3.71. The number of ether oxygens (including phenoxy) is 1. The van der Waals surface area contributed by atoms with E-state index in [4.69, 9.17) is 11.5 Å². The van der Waals surface area contributed by atoms with Crippen molar-refractivity contribution in [2.24, 2.45) is 0 Å². The van der Waals surface area contributed by atoms with Gasteiger partial charge in [0.25, 0.3) is 0 Å². The predicted octanol–water partition coefficient (Wildman–Crippen LogP) is 0.441. The van der Waals surface area contributed by atoms with Gasteiger partial charge in [-0.1, -0.05) is 28.5 Å². The second-order valence-corrected chi connectivity index (χ2v) is 3.38. The van der Waals surface area contributed by atoms with Gasteiger partial charge in [-0.25, -0.2) is 0 Å². The number of carbonyl (C=O) groups excluding carboxylic acids is 1. The summed E-state index contributed by atoms with van der Waals surface area (Å²) in [5.41, 5.74) is 0. The van der Waals surface area contributed by atoms with Crippen LogP contribution in [0, 0.1) is 12.3 Å². The molecule has 0 aliphatic heterocycles. The van der Waals surface area contributed by atoms with Crippen molar-refractivity contribution in [1.29, 1.82) is 0 Å². The molecular formula is C7H7IO4. The molecule has 0 amide bonds. The van der Waals surface area contributed by atoms with Crippen LogP contribution in [-0.4, -0.2) is 27.6 Å². The fourth-order valence-electron chi connectivity index (χ4n) is 0.415. The lowest BCUT2D eigenvalue weighted by Crippen LogP contribution is -2.18. The first kappa shape index (κ1) is 11.2. The Hall–Kier alpha value is -0.770. The number of carbonyl (C=O) groups is 2. The fraction of sp³-hybridized carbons (Fsp3) is 0.429. The number of carboxylic acids is 1. The molecule has 66 valence electrons. The van der Waals surface area contributed by atoms with Crippen LogP contribution in [0.25, 0.3) is 0 Å². The minimum absolute atomic E-state index is 0.109. The zero-order valence-electron chi connectivity index (χ0n) is 6.12. The number of terminal acetylenes is 1. The normalized spacial score (nSPS) is 11.3. The summed E-state index contributed by atoms with van der Waals surface area (Å²) in [5.74, 6) is 0.486. The largest absolute Gasteiger partial charge is 0.480 e. The average molecular weight is 282 g/mol. The van der Waals surface area contributed by atoms with Crippen LogP contribution in [-0.2, 0) is 14.3 Å². The molecule has 1 atom stereocenters. The van der Waals surface area contributed by atoms with Crippen LogP contribution in [0.15, 0.2) is 0 Å². The fourth-order valence-corrected chi connectivity index (χ4v) is 0.774. The summed E-state index contributed by atoms with van der Waals surface area (Å²) in [6.07, 6.45) is 4.67. The van der Waals surface area contributed by atoms with Gasteiger partial charge in [0.15, 0.2) is 6.61 Å². The van der Waals surface area contributed by atoms with E-state index in [1.165, 1.54) is 0 Å². The van der Waals surface area contributed by atoms with E-state index in [9.17, 15) is 9.59 Å². The number of aliphatic carboxylic acids is 1. The Bertz CT molecular complexity index is 218. The van der Waals surface area contributed by atoms with E-state index in [0.717, 1.165) is 0 Å². The molecule has 0 saturated carbocycles. The van der Waals surface area contributed by atoms with Crippen molar-refractivity contribution in [3.63, 3.8) is 0 Å². The summed E-state index contributed by atoms with van der Waals surface area (Å²) in [6, 6.07) is 0. The standard InChI is InChI=1S/C7H7IO4/c1-2-3-12-6(9)4-5(8)7(10)11/h1,5H,3-4H2,(H,10,11). The molecule has 12 heavy (non-hydrogen) atoms. The predicted molar refractivity (Wildman–Crippen MR) is 49.9 cm³/mol. The molecule has 1 N–H and O–H groups in total. The van der Waals surface area contributed by atoms with Gasteiger partial charge < -0.3 is 9.84 Å². The lowest BCUT2D eigenvalue weighted by molar-refractivity contribution is -0.145. The third-order valence-electron chi connectivity index (χ3n) is 0.930. The van der Waals surface area contributed by atoms with Crippen LogP contribution < -0.4 is 0 Å². The molecule has 4 nitrogen and oxygen atoms in total. The van der Waals surface area contributed by atoms with Gasteiger partial charge in [0, 0.05) is 0 Å².